The fourth-order valence-corrected chi connectivity index (χ4v) is 4.76. The monoisotopic (exact) mass is 260 g/mol. The predicted octanol–water partition coefficient (Wildman–Crippen LogP) is 4.03. The van der Waals surface area contributed by atoms with Gasteiger partial charge >= 0.3 is 0 Å². The second-order valence-corrected chi connectivity index (χ2v) is 7.35. The van der Waals surface area contributed by atoms with Crippen molar-refractivity contribution in [2.45, 2.75) is 31.6 Å². The second kappa shape index (κ2) is 4.41. The lowest BCUT2D eigenvalue weighted by molar-refractivity contribution is -0.152. The molecule has 0 aromatic heterocycles. The highest BCUT2D eigenvalue weighted by atomic mass is 32.2. The lowest BCUT2D eigenvalue weighted by Crippen LogP contribution is -2.56. The Balaban J connectivity index is 1.67. The maximum Gasteiger partial charge on any atom is 0.137 e. The summed E-state index contributed by atoms with van der Waals surface area (Å²) in [5.41, 5.74) is 0.399. The molecule has 18 heavy (non-hydrogen) atoms. The topological polar surface area (TPSA) is 17.1 Å². The molecule has 0 N–H and O–H groups in total. The molecule has 4 rings (SSSR count). The van der Waals surface area contributed by atoms with Crippen molar-refractivity contribution < 1.29 is 4.79 Å². The van der Waals surface area contributed by atoms with Crippen LogP contribution in [0, 0.1) is 23.2 Å². The maximum atomic E-state index is 12.1. The number of rotatable bonds is 3. The zero-order valence-electron chi connectivity index (χ0n) is 11.1. The van der Waals surface area contributed by atoms with Crippen LogP contribution in [-0.4, -0.2) is 11.5 Å². The molecule has 1 aromatic rings. The molecular formula is C16H20OS. The summed E-state index contributed by atoms with van der Waals surface area (Å²) in [4.78, 5) is 13.4. The second-order valence-electron chi connectivity index (χ2n) is 6.26. The zero-order valence-corrected chi connectivity index (χ0v) is 11.9. The van der Waals surface area contributed by atoms with Gasteiger partial charge in [0.25, 0.3) is 0 Å². The van der Waals surface area contributed by atoms with Crippen LogP contribution in [0.25, 0.3) is 0 Å². The molecule has 1 nitrogen and oxygen atoms in total. The SMILES string of the molecule is CC1(C)[C@H]2CC(=O)[C@H](CSc3ccccc3)[C@@H]1C2. The van der Waals surface area contributed by atoms with E-state index in [9.17, 15) is 4.79 Å². The standard InChI is InChI=1S/C16H20OS/c1-16(2)11-8-14(16)13(15(17)9-11)10-18-12-6-4-3-5-7-12/h3-7,11,13-14H,8-10H2,1-2H3/t11-,13-,14+/m1/s1. The van der Waals surface area contributed by atoms with Crippen LogP contribution in [0.4, 0.5) is 0 Å². The van der Waals surface area contributed by atoms with Gasteiger partial charge in [0.15, 0.2) is 0 Å². The quantitative estimate of drug-likeness (QED) is 0.763. The van der Waals surface area contributed by atoms with Crippen molar-refractivity contribution in [1.82, 2.24) is 0 Å². The van der Waals surface area contributed by atoms with Crippen LogP contribution in [0.1, 0.15) is 26.7 Å². The molecule has 0 spiro atoms. The van der Waals surface area contributed by atoms with Gasteiger partial charge in [-0.25, -0.2) is 0 Å². The molecule has 0 radical (unpaired) electrons. The van der Waals surface area contributed by atoms with Crippen LogP contribution in [-0.2, 0) is 4.79 Å². The van der Waals surface area contributed by atoms with E-state index < -0.39 is 0 Å². The number of fused-ring (bicyclic) bond motifs is 2. The van der Waals surface area contributed by atoms with Crippen molar-refractivity contribution in [2.24, 2.45) is 23.2 Å². The van der Waals surface area contributed by atoms with Gasteiger partial charge in [-0.05, 0) is 35.8 Å². The molecule has 1 aromatic carbocycles. The molecule has 0 heterocycles. The zero-order chi connectivity index (χ0) is 12.8. The fourth-order valence-electron chi connectivity index (χ4n) is 3.62. The molecule has 3 fully saturated rings. The maximum absolute atomic E-state index is 12.1. The van der Waals surface area contributed by atoms with Gasteiger partial charge in [0.1, 0.15) is 5.78 Å². The van der Waals surface area contributed by atoms with Crippen LogP contribution in [0.3, 0.4) is 0 Å². The third-order valence-electron chi connectivity index (χ3n) is 5.07. The Kier molecular flexibility index (Phi) is 3.01. The first kappa shape index (κ1) is 12.3. The van der Waals surface area contributed by atoms with E-state index in [4.69, 9.17) is 0 Å². The number of Topliss-reactive ketones (excluding diaryl/α,β-unsaturated/α-hetero) is 1. The van der Waals surface area contributed by atoms with E-state index >= 15 is 0 Å². The minimum Gasteiger partial charge on any atom is -0.299 e. The summed E-state index contributed by atoms with van der Waals surface area (Å²) in [5.74, 6) is 3.05. The van der Waals surface area contributed by atoms with Crippen molar-refractivity contribution in [3.8, 4) is 0 Å². The van der Waals surface area contributed by atoms with Gasteiger partial charge in [-0.1, -0.05) is 32.0 Å². The number of carbonyl (C=O) groups excluding carboxylic acids is 1. The fraction of sp³-hybridized carbons (Fsp3) is 0.562. The van der Waals surface area contributed by atoms with Crippen LogP contribution < -0.4 is 0 Å². The van der Waals surface area contributed by atoms with Crippen molar-refractivity contribution in [1.29, 1.82) is 0 Å². The molecule has 0 unspecified atom stereocenters. The number of thioether (sulfide) groups is 1. The van der Waals surface area contributed by atoms with Crippen molar-refractivity contribution in [2.75, 3.05) is 5.75 Å². The predicted molar refractivity (Wildman–Crippen MR) is 75.7 cm³/mol. The highest BCUT2D eigenvalue weighted by molar-refractivity contribution is 7.99. The van der Waals surface area contributed by atoms with E-state index in [1.54, 1.807) is 0 Å². The van der Waals surface area contributed by atoms with Gasteiger partial charge < -0.3 is 0 Å². The molecule has 0 saturated heterocycles. The molecule has 0 amide bonds. The van der Waals surface area contributed by atoms with Crippen LogP contribution in [0.5, 0.6) is 0 Å². The summed E-state index contributed by atoms with van der Waals surface area (Å²) < 4.78 is 0. The average Bonchev–Trinajstić information content (AvgIpc) is 2.38. The number of hydrogen-bond donors (Lipinski definition) is 0. The highest BCUT2D eigenvalue weighted by Gasteiger charge is 2.57. The Labute approximate surface area is 113 Å². The number of benzene rings is 1. The van der Waals surface area contributed by atoms with Crippen LogP contribution in [0.15, 0.2) is 35.2 Å². The van der Waals surface area contributed by atoms with Gasteiger partial charge in [-0.2, -0.15) is 0 Å². The van der Waals surface area contributed by atoms with Crippen molar-refractivity contribution >= 4 is 17.5 Å². The largest absolute Gasteiger partial charge is 0.299 e. The van der Waals surface area contributed by atoms with E-state index in [0.717, 1.165) is 12.2 Å². The first-order valence-corrected chi connectivity index (χ1v) is 7.78. The molecular weight excluding hydrogens is 240 g/mol. The number of ketones is 1. The highest BCUT2D eigenvalue weighted by Crippen LogP contribution is 2.60. The molecule has 2 heteroatoms. The lowest BCUT2D eigenvalue weighted by Gasteiger charge is -2.59. The van der Waals surface area contributed by atoms with E-state index in [1.807, 2.05) is 17.8 Å². The Morgan fingerprint density at radius 1 is 1.28 bits per heavy atom. The Hall–Kier alpha value is -0.760. The first-order chi connectivity index (χ1) is 8.59. The smallest absolute Gasteiger partial charge is 0.137 e. The summed E-state index contributed by atoms with van der Waals surface area (Å²) in [6, 6.07) is 10.4. The van der Waals surface area contributed by atoms with E-state index in [2.05, 4.69) is 38.1 Å². The molecule has 3 aliphatic carbocycles. The van der Waals surface area contributed by atoms with E-state index in [-0.39, 0.29) is 5.92 Å². The molecule has 2 bridgehead atoms. The van der Waals surface area contributed by atoms with Gasteiger partial charge in [0, 0.05) is 23.0 Å². The van der Waals surface area contributed by atoms with Gasteiger partial charge in [0.05, 0.1) is 0 Å². The molecule has 3 saturated carbocycles. The van der Waals surface area contributed by atoms with Crippen molar-refractivity contribution in [3.63, 3.8) is 0 Å². The molecule has 3 aliphatic rings. The van der Waals surface area contributed by atoms with Crippen LogP contribution >= 0.6 is 11.8 Å². The summed E-state index contributed by atoms with van der Waals surface area (Å²) >= 11 is 1.84. The average molecular weight is 260 g/mol. The number of carbonyl (C=O) groups is 1. The molecule has 0 aliphatic heterocycles. The van der Waals surface area contributed by atoms with Crippen LogP contribution in [0.2, 0.25) is 0 Å². The number of hydrogen-bond acceptors (Lipinski definition) is 2. The third kappa shape index (κ3) is 1.91. The van der Waals surface area contributed by atoms with E-state index in [0.29, 0.717) is 23.0 Å². The summed E-state index contributed by atoms with van der Waals surface area (Å²) in [6.45, 7) is 4.69. The Morgan fingerprint density at radius 2 is 2.00 bits per heavy atom. The lowest BCUT2D eigenvalue weighted by atomic mass is 9.45. The molecule has 96 valence electrons. The Morgan fingerprint density at radius 3 is 2.67 bits per heavy atom. The first-order valence-electron chi connectivity index (χ1n) is 6.79. The minimum atomic E-state index is 0.287. The third-order valence-corrected chi connectivity index (χ3v) is 6.20. The summed E-state index contributed by atoms with van der Waals surface area (Å²) in [6.07, 6.45) is 2.10. The summed E-state index contributed by atoms with van der Waals surface area (Å²) in [7, 11) is 0. The normalized spacial score (nSPS) is 33.0. The Bertz CT molecular complexity index is 451. The van der Waals surface area contributed by atoms with E-state index in [1.165, 1.54) is 11.3 Å². The van der Waals surface area contributed by atoms with Gasteiger partial charge in [-0.15, -0.1) is 11.8 Å². The van der Waals surface area contributed by atoms with Gasteiger partial charge in [0.2, 0.25) is 0 Å². The summed E-state index contributed by atoms with van der Waals surface area (Å²) in [5, 5.41) is 0. The molecule has 3 atom stereocenters. The van der Waals surface area contributed by atoms with Crippen molar-refractivity contribution in [3.05, 3.63) is 30.3 Å². The van der Waals surface area contributed by atoms with Gasteiger partial charge in [-0.3, -0.25) is 4.79 Å². The minimum absolute atomic E-state index is 0.287.